The van der Waals surface area contributed by atoms with Crippen molar-refractivity contribution < 1.29 is 9.53 Å². The van der Waals surface area contributed by atoms with Gasteiger partial charge in [-0.3, -0.25) is 9.20 Å². The number of hydrogen-bond donors (Lipinski definition) is 0. The lowest BCUT2D eigenvalue weighted by atomic mass is 10.3. The summed E-state index contributed by atoms with van der Waals surface area (Å²) in [6.45, 7) is 3.70. The Hall–Kier alpha value is -2.17. The van der Waals surface area contributed by atoms with E-state index in [1.165, 1.54) is 10.6 Å². The van der Waals surface area contributed by atoms with Crippen LogP contribution in [0.3, 0.4) is 0 Å². The molecule has 2 aromatic rings. The number of carbonyl (C=O) groups is 1. The van der Waals surface area contributed by atoms with Gasteiger partial charge in [-0.25, -0.2) is 9.78 Å². The average Bonchev–Trinajstić information content (AvgIpc) is 2.29. The van der Waals surface area contributed by atoms with Crippen molar-refractivity contribution in [2.45, 2.75) is 13.8 Å². The minimum absolute atomic E-state index is 0.0429. The maximum atomic E-state index is 12.1. The van der Waals surface area contributed by atoms with E-state index in [2.05, 4.69) is 4.98 Å². The average molecular weight is 232 g/mol. The molecule has 0 amide bonds. The first kappa shape index (κ1) is 11.3. The predicted octanol–water partition coefficient (Wildman–Crippen LogP) is 1.18. The molecule has 17 heavy (non-hydrogen) atoms. The smallest absolute Gasteiger partial charge is 0.345 e. The molecule has 5 heteroatoms. The highest BCUT2D eigenvalue weighted by atomic mass is 16.5. The highest BCUT2D eigenvalue weighted by Gasteiger charge is 2.14. The zero-order chi connectivity index (χ0) is 12.4. The second-order valence-corrected chi connectivity index (χ2v) is 3.56. The number of ether oxygens (including phenoxy) is 1. The molecule has 2 heterocycles. The van der Waals surface area contributed by atoms with Crippen LogP contribution in [0.5, 0.6) is 0 Å². The van der Waals surface area contributed by atoms with Crippen molar-refractivity contribution in [3.05, 3.63) is 46.0 Å². The molecule has 88 valence electrons. The number of carbonyl (C=O) groups excluding carboxylic acids is 1. The number of pyridine rings is 1. The van der Waals surface area contributed by atoms with Gasteiger partial charge in [0.25, 0.3) is 5.56 Å². The molecule has 0 unspecified atom stereocenters. The lowest BCUT2D eigenvalue weighted by Crippen LogP contribution is -2.25. The van der Waals surface area contributed by atoms with E-state index in [-0.39, 0.29) is 12.2 Å². The molecule has 0 saturated heterocycles. The molecule has 5 nitrogen and oxygen atoms in total. The van der Waals surface area contributed by atoms with Crippen LogP contribution in [0.2, 0.25) is 0 Å². The molecule has 0 saturated carbocycles. The van der Waals surface area contributed by atoms with Crippen molar-refractivity contribution in [3.8, 4) is 0 Å². The summed E-state index contributed by atoms with van der Waals surface area (Å²) in [6.07, 6.45) is 1.26. The van der Waals surface area contributed by atoms with Crippen LogP contribution in [0.4, 0.5) is 0 Å². The number of esters is 1. The molecule has 0 N–H and O–H groups in total. The Kier molecular flexibility index (Phi) is 2.91. The first-order chi connectivity index (χ1) is 8.15. The van der Waals surface area contributed by atoms with Gasteiger partial charge < -0.3 is 4.74 Å². The summed E-state index contributed by atoms with van der Waals surface area (Å²) in [6, 6.07) is 5.30. The third kappa shape index (κ3) is 1.91. The highest BCUT2D eigenvalue weighted by molar-refractivity contribution is 5.88. The maximum absolute atomic E-state index is 12.1. The number of hydrogen-bond acceptors (Lipinski definition) is 4. The van der Waals surface area contributed by atoms with E-state index in [1.807, 2.05) is 0 Å². The van der Waals surface area contributed by atoms with Crippen LogP contribution in [0.1, 0.15) is 23.0 Å². The summed E-state index contributed by atoms with van der Waals surface area (Å²) in [5, 5.41) is 0. The van der Waals surface area contributed by atoms with Crippen LogP contribution < -0.4 is 5.56 Å². The monoisotopic (exact) mass is 232 g/mol. The van der Waals surface area contributed by atoms with Crippen LogP contribution in [0.25, 0.3) is 5.65 Å². The van der Waals surface area contributed by atoms with Gasteiger partial charge in [0.15, 0.2) is 0 Å². The molecule has 0 spiro atoms. The molecule has 0 aliphatic heterocycles. The van der Waals surface area contributed by atoms with Crippen LogP contribution in [0.15, 0.2) is 29.2 Å². The highest BCUT2D eigenvalue weighted by Crippen LogP contribution is 2.03. The Morgan fingerprint density at radius 2 is 2.24 bits per heavy atom. The molecule has 0 atom stereocenters. The number of rotatable bonds is 2. The minimum atomic E-state index is -0.636. The van der Waals surface area contributed by atoms with Crippen molar-refractivity contribution >= 4 is 11.6 Å². The zero-order valence-electron chi connectivity index (χ0n) is 9.64. The predicted molar refractivity (Wildman–Crippen MR) is 62.2 cm³/mol. The molecule has 2 aromatic heterocycles. The zero-order valence-corrected chi connectivity index (χ0v) is 9.64. The summed E-state index contributed by atoms with van der Waals surface area (Å²) >= 11 is 0. The van der Waals surface area contributed by atoms with Gasteiger partial charge in [0, 0.05) is 11.9 Å². The molecule has 0 aliphatic rings. The van der Waals surface area contributed by atoms with Crippen molar-refractivity contribution in [2.24, 2.45) is 0 Å². The third-order valence-electron chi connectivity index (χ3n) is 2.42. The Bertz CT molecular complexity index is 631. The fraction of sp³-hybridized carbons (Fsp3) is 0.250. The molecular weight excluding hydrogens is 220 g/mol. The van der Waals surface area contributed by atoms with Crippen molar-refractivity contribution in [3.63, 3.8) is 0 Å². The van der Waals surface area contributed by atoms with Gasteiger partial charge in [-0.15, -0.1) is 0 Å². The lowest BCUT2D eigenvalue weighted by molar-refractivity contribution is 0.0523. The summed E-state index contributed by atoms with van der Waals surface area (Å²) in [4.78, 5) is 27.7. The van der Waals surface area contributed by atoms with Crippen LogP contribution in [-0.2, 0) is 4.74 Å². The summed E-state index contributed by atoms with van der Waals surface area (Å²) in [5.74, 6) is -0.636. The number of fused-ring (bicyclic) bond motifs is 1. The van der Waals surface area contributed by atoms with Crippen molar-refractivity contribution in [2.75, 3.05) is 6.61 Å². The van der Waals surface area contributed by atoms with Crippen molar-refractivity contribution in [1.82, 2.24) is 9.38 Å². The summed E-state index contributed by atoms with van der Waals surface area (Å²) in [5.41, 5.74) is 0.805. The number of aryl methyl sites for hydroxylation is 1. The molecule has 0 aliphatic carbocycles. The second-order valence-electron chi connectivity index (χ2n) is 3.56. The molecule has 0 bridgehead atoms. The van der Waals surface area contributed by atoms with E-state index in [0.29, 0.717) is 5.65 Å². The number of aromatic nitrogens is 2. The van der Waals surface area contributed by atoms with E-state index < -0.39 is 11.5 Å². The van der Waals surface area contributed by atoms with Gasteiger partial charge in [0.1, 0.15) is 11.2 Å². The lowest BCUT2D eigenvalue weighted by Gasteiger charge is -2.06. The minimum Gasteiger partial charge on any atom is -0.462 e. The van der Waals surface area contributed by atoms with Crippen LogP contribution >= 0.6 is 0 Å². The van der Waals surface area contributed by atoms with Gasteiger partial charge in [-0.2, -0.15) is 0 Å². The fourth-order valence-electron chi connectivity index (χ4n) is 1.62. The first-order valence-electron chi connectivity index (χ1n) is 5.29. The van der Waals surface area contributed by atoms with E-state index in [4.69, 9.17) is 4.74 Å². The SMILES string of the molecule is CCOC(=O)c1cnc2cccc(C)n2c1=O. The topological polar surface area (TPSA) is 60.7 Å². The molecule has 2 rings (SSSR count). The van der Waals surface area contributed by atoms with E-state index >= 15 is 0 Å². The first-order valence-corrected chi connectivity index (χ1v) is 5.29. The van der Waals surface area contributed by atoms with E-state index in [1.54, 1.807) is 32.0 Å². The van der Waals surface area contributed by atoms with Crippen molar-refractivity contribution in [1.29, 1.82) is 0 Å². The van der Waals surface area contributed by atoms with Crippen LogP contribution in [-0.4, -0.2) is 22.0 Å². The van der Waals surface area contributed by atoms with Gasteiger partial charge >= 0.3 is 5.97 Å². The Morgan fingerprint density at radius 3 is 2.94 bits per heavy atom. The Balaban J connectivity index is 2.69. The maximum Gasteiger partial charge on any atom is 0.345 e. The second kappa shape index (κ2) is 4.37. The quantitative estimate of drug-likeness (QED) is 0.729. The molecule has 0 radical (unpaired) electrons. The molecule has 0 fully saturated rings. The Morgan fingerprint density at radius 1 is 1.47 bits per heavy atom. The summed E-state index contributed by atoms with van der Waals surface area (Å²) < 4.78 is 6.20. The van der Waals surface area contributed by atoms with E-state index in [9.17, 15) is 9.59 Å². The normalized spacial score (nSPS) is 10.5. The van der Waals surface area contributed by atoms with E-state index in [0.717, 1.165) is 5.69 Å². The number of nitrogens with zero attached hydrogens (tertiary/aromatic N) is 2. The summed E-state index contributed by atoms with van der Waals surface area (Å²) in [7, 11) is 0. The largest absolute Gasteiger partial charge is 0.462 e. The Labute approximate surface area is 97.7 Å². The van der Waals surface area contributed by atoms with Gasteiger partial charge in [0.05, 0.1) is 6.61 Å². The third-order valence-corrected chi connectivity index (χ3v) is 2.42. The van der Waals surface area contributed by atoms with Crippen LogP contribution in [0, 0.1) is 6.92 Å². The standard InChI is InChI=1S/C12H12N2O3/c1-3-17-12(16)9-7-13-10-6-4-5-8(2)14(10)11(9)15/h4-7H,3H2,1-2H3. The fourth-order valence-corrected chi connectivity index (χ4v) is 1.62. The van der Waals surface area contributed by atoms with Gasteiger partial charge in [0.2, 0.25) is 0 Å². The van der Waals surface area contributed by atoms with Gasteiger partial charge in [-0.05, 0) is 26.0 Å². The molecular formula is C12H12N2O3. The van der Waals surface area contributed by atoms with Gasteiger partial charge in [-0.1, -0.05) is 6.07 Å². The molecule has 0 aromatic carbocycles.